The van der Waals surface area contributed by atoms with Crippen molar-refractivity contribution in [1.29, 1.82) is 0 Å². The Bertz CT molecular complexity index is 313. The molecule has 3 N–H and O–H groups in total. The molecule has 18 heavy (non-hydrogen) atoms. The molecule has 0 bridgehead atoms. The molecule has 1 heterocycles. The van der Waals surface area contributed by atoms with E-state index >= 15 is 0 Å². The van der Waals surface area contributed by atoms with Gasteiger partial charge in [-0.05, 0) is 12.8 Å². The Morgan fingerprint density at radius 2 is 2.28 bits per heavy atom. The van der Waals surface area contributed by atoms with Gasteiger partial charge < -0.3 is 20.3 Å². The van der Waals surface area contributed by atoms with Crippen LogP contribution >= 0.6 is 0 Å². The van der Waals surface area contributed by atoms with Crippen molar-refractivity contribution in [2.75, 3.05) is 26.9 Å². The third-order valence-electron chi connectivity index (χ3n) is 2.55. The molecule has 0 aromatic carbocycles. The van der Waals surface area contributed by atoms with Crippen LogP contribution in [-0.4, -0.2) is 58.2 Å². The van der Waals surface area contributed by atoms with Gasteiger partial charge in [0.2, 0.25) is 0 Å². The minimum atomic E-state index is 0.114. The van der Waals surface area contributed by atoms with Crippen LogP contribution in [0, 0.1) is 0 Å². The monoisotopic (exact) mass is 258 g/mol. The Hall–Kier alpha value is -1.02. The number of ether oxygens (including phenoxy) is 1. The predicted molar refractivity (Wildman–Crippen MR) is 65.9 cm³/mol. The quantitative estimate of drug-likeness (QED) is 0.506. The predicted octanol–water partition coefficient (Wildman–Crippen LogP) is -0.852. The Kier molecular flexibility index (Phi) is 7.51. The maximum atomic E-state index is 8.91. The van der Waals surface area contributed by atoms with E-state index in [1.165, 1.54) is 0 Å². The maximum Gasteiger partial charge on any atom is 0.0964 e. The molecule has 1 unspecified atom stereocenters. The van der Waals surface area contributed by atoms with Gasteiger partial charge in [0.25, 0.3) is 0 Å². The van der Waals surface area contributed by atoms with E-state index in [1.54, 1.807) is 11.8 Å². The summed E-state index contributed by atoms with van der Waals surface area (Å²) < 4.78 is 6.77. The van der Waals surface area contributed by atoms with Gasteiger partial charge in [0, 0.05) is 45.7 Å². The fourth-order valence-electron chi connectivity index (χ4n) is 1.61. The van der Waals surface area contributed by atoms with Crippen molar-refractivity contribution in [3.63, 3.8) is 0 Å². The minimum absolute atomic E-state index is 0.114. The van der Waals surface area contributed by atoms with Crippen LogP contribution in [-0.2, 0) is 17.8 Å². The normalized spacial score (nSPS) is 12.8. The van der Waals surface area contributed by atoms with E-state index in [0.717, 1.165) is 5.69 Å². The first-order valence-electron chi connectivity index (χ1n) is 6.13. The fraction of sp³-hybridized carbons (Fsp3) is 0.818. The van der Waals surface area contributed by atoms with E-state index in [0.29, 0.717) is 32.5 Å². The van der Waals surface area contributed by atoms with Gasteiger partial charge in [-0.2, -0.15) is 0 Å². The summed E-state index contributed by atoms with van der Waals surface area (Å²) in [6.07, 6.45) is 3.17. The smallest absolute Gasteiger partial charge is 0.0964 e. The lowest BCUT2D eigenvalue weighted by molar-refractivity contribution is 0.148. The highest BCUT2D eigenvalue weighted by Gasteiger charge is 2.08. The van der Waals surface area contributed by atoms with Crippen LogP contribution in [0.2, 0.25) is 0 Å². The first-order chi connectivity index (χ1) is 8.80. The second kappa shape index (κ2) is 8.98. The minimum Gasteiger partial charge on any atom is -0.396 e. The highest BCUT2D eigenvalue weighted by molar-refractivity contribution is 4.92. The number of aliphatic hydroxyl groups is 2. The van der Waals surface area contributed by atoms with Crippen molar-refractivity contribution >= 4 is 0 Å². The maximum absolute atomic E-state index is 8.91. The van der Waals surface area contributed by atoms with E-state index in [2.05, 4.69) is 15.6 Å². The molecule has 0 aliphatic rings. The number of rotatable bonds is 10. The van der Waals surface area contributed by atoms with Gasteiger partial charge in [-0.1, -0.05) is 5.21 Å². The van der Waals surface area contributed by atoms with Crippen molar-refractivity contribution in [2.24, 2.45) is 0 Å². The number of hydrogen-bond acceptors (Lipinski definition) is 6. The molecule has 0 amide bonds. The number of nitrogens with one attached hydrogen (secondary N) is 1. The third kappa shape index (κ3) is 5.54. The van der Waals surface area contributed by atoms with E-state index in [9.17, 15) is 0 Å². The molecule has 7 heteroatoms. The van der Waals surface area contributed by atoms with Crippen LogP contribution in [0.4, 0.5) is 0 Å². The molecule has 0 spiro atoms. The standard InChI is InChI=1S/C11H22N4O3/c1-18-9-10(3-6-17)12-7-11-8-15(14-13-11)4-2-5-16/h8,10,12,16-17H,2-7,9H2,1H3. The third-order valence-corrected chi connectivity index (χ3v) is 2.55. The molecular weight excluding hydrogens is 236 g/mol. The van der Waals surface area contributed by atoms with E-state index in [4.69, 9.17) is 14.9 Å². The average molecular weight is 258 g/mol. The molecule has 0 radical (unpaired) electrons. The SMILES string of the molecule is COCC(CCO)NCc1cn(CCCO)nn1. The largest absolute Gasteiger partial charge is 0.396 e. The first-order valence-corrected chi connectivity index (χ1v) is 6.13. The van der Waals surface area contributed by atoms with Crippen molar-refractivity contribution in [2.45, 2.75) is 32.0 Å². The number of methoxy groups -OCH3 is 1. The van der Waals surface area contributed by atoms with Crippen molar-refractivity contribution < 1.29 is 14.9 Å². The Morgan fingerprint density at radius 3 is 2.94 bits per heavy atom. The molecule has 0 aliphatic carbocycles. The van der Waals surface area contributed by atoms with Gasteiger partial charge in [0.15, 0.2) is 0 Å². The summed E-state index contributed by atoms with van der Waals surface area (Å²) in [5.74, 6) is 0. The second-order valence-corrected chi connectivity index (χ2v) is 4.10. The van der Waals surface area contributed by atoms with Crippen LogP contribution in [0.3, 0.4) is 0 Å². The summed E-state index contributed by atoms with van der Waals surface area (Å²) in [5, 5.41) is 28.9. The number of aromatic nitrogens is 3. The first kappa shape index (κ1) is 15.0. The summed E-state index contributed by atoms with van der Waals surface area (Å²) in [4.78, 5) is 0. The van der Waals surface area contributed by atoms with E-state index < -0.39 is 0 Å². The Labute approximate surface area is 107 Å². The zero-order valence-corrected chi connectivity index (χ0v) is 10.7. The van der Waals surface area contributed by atoms with Crippen LogP contribution in [0.15, 0.2) is 6.20 Å². The van der Waals surface area contributed by atoms with Crippen molar-refractivity contribution in [3.8, 4) is 0 Å². The number of aryl methyl sites for hydroxylation is 1. The molecule has 1 rings (SSSR count). The molecule has 0 fully saturated rings. The lowest BCUT2D eigenvalue weighted by atomic mass is 10.2. The molecule has 7 nitrogen and oxygen atoms in total. The van der Waals surface area contributed by atoms with Gasteiger partial charge in [-0.15, -0.1) is 5.10 Å². The summed E-state index contributed by atoms with van der Waals surface area (Å²) in [5.41, 5.74) is 0.840. The molecule has 0 aliphatic heterocycles. The Morgan fingerprint density at radius 1 is 1.44 bits per heavy atom. The molecule has 104 valence electrons. The fourth-order valence-corrected chi connectivity index (χ4v) is 1.61. The number of hydrogen-bond donors (Lipinski definition) is 3. The summed E-state index contributed by atoms with van der Waals surface area (Å²) in [6, 6.07) is 0.114. The van der Waals surface area contributed by atoms with Gasteiger partial charge in [0.05, 0.1) is 12.3 Å². The molecular formula is C11H22N4O3. The van der Waals surface area contributed by atoms with E-state index in [1.807, 2.05) is 6.20 Å². The highest BCUT2D eigenvalue weighted by Crippen LogP contribution is 1.98. The van der Waals surface area contributed by atoms with Gasteiger partial charge in [-0.25, -0.2) is 0 Å². The number of aliphatic hydroxyl groups excluding tert-OH is 2. The number of nitrogens with zero attached hydrogens (tertiary/aromatic N) is 3. The van der Waals surface area contributed by atoms with Crippen LogP contribution in [0.1, 0.15) is 18.5 Å². The van der Waals surface area contributed by atoms with Crippen LogP contribution in [0.25, 0.3) is 0 Å². The van der Waals surface area contributed by atoms with Crippen molar-refractivity contribution in [3.05, 3.63) is 11.9 Å². The summed E-state index contributed by atoms with van der Waals surface area (Å²) in [7, 11) is 1.64. The zero-order chi connectivity index (χ0) is 13.2. The van der Waals surface area contributed by atoms with Gasteiger partial charge >= 0.3 is 0 Å². The molecule has 1 aromatic heterocycles. The average Bonchev–Trinajstić information content (AvgIpc) is 2.82. The van der Waals surface area contributed by atoms with Gasteiger partial charge in [0.1, 0.15) is 0 Å². The van der Waals surface area contributed by atoms with E-state index in [-0.39, 0.29) is 19.3 Å². The second-order valence-electron chi connectivity index (χ2n) is 4.10. The lowest BCUT2D eigenvalue weighted by Gasteiger charge is -2.15. The highest BCUT2D eigenvalue weighted by atomic mass is 16.5. The van der Waals surface area contributed by atoms with Crippen LogP contribution < -0.4 is 5.32 Å². The lowest BCUT2D eigenvalue weighted by Crippen LogP contribution is -2.33. The molecule has 1 atom stereocenters. The zero-order valence-electron chi connectivity index (χ0n) is 10.7. The molecule has 0 saturated heterocycles. The summed E-state index contributed by atoms with van der Waals surface area (Å²) in [6.45, 7) is 2.10. The Balaban J connectivity index is 2.34. The summed E-state index contributed by atoms with van der Waals surface area (Å²) >= 11 is 0. The topological polar surface area (TPSA) is 92.4 Å². The van der Waals surface area contributed by atoms with Crippen LogP contribution in [0.5, 0.6) is 0 Å². The van der Waals surface area contributed by atoms with Gasteiger partial charge in [-0.3, -0.25) is 4.68 Å². The molecule has 1 aromatic rings. The van der Waals surface area contributed by atoms with Crippen molar-refractivity contribution in [1.82, 2.24) is 20.3 Å². The molecule has 0 saturated carbocycles.